The van der Waals surface area contributed by atoms with Gasteiger partial charge in [0.2, 0.25) is 0 Å². The van der Waals surface area contributed by atoms with Crippen LogP contribution in [0.15, 0.2) is 48.7 Å². The van der Waals surface area contributed by atoms with Gasteiger partial charge in [0.1, 0.15) is 16.5 Å². The van der Waals surface area contributed by atoms with E-state index in [0.29, 0.717) is 11.4 Å². The van der Waals surface area contributed by atoms with Crippen molar-refractivity contribution in [3.8, 4) is 5.69 Å². The average Bonchev–Trinajstić information content (AvgIpc) is 3.52. The van der Waals surface area contributed by atoms with Crippen LogP contribution in [0.3, 0.4) is 0 Å². The summed E-state index contributed by atoms with van der Waals surface area (Å²) in [4.78, 5) is 21.1. The molecule has 0 spiro atoms. The number of nitrogens with zero attached hydrogens (tertiary/aromatic N) is 4. The van der Waals surface area contributed by atoms with Crippen molar-refractivity contribution in [3.63, 3.8) is 0 Å². The van der Waals surface area contributed by atoms with E-state index in [2.05, 4.69) is 20.3 Å². The molecule has 4 aromatic rings. The first-order chi connectivity index (χ1) is 15.1. The predicted octanol–water partition coefficient (Wildman–Crippen LogP) is 4.46. The summed E-state index contributed by atoms with van der Waals surface area (Å²) < 4.78 is 15.0. The van der Waals surface area contributed by atoms with Crippen LogP contribution in [-0.2, 0) is 6.54 Å². The molecule has 1 aromatic carbocycles. The zero-order valence-electron chi connectivity index (χ0n) is 17.1. The van der Waals surface area contributed by atoms with Crippen LogP contribution in [0.25, 0.3) is 15.9 Å². The van der Waals surface area contributed by atoms with Crippen molar-refractivity contribution in [2.45, 2.75) is 26.3 Å². The quantitative estimate of drug-likeness (QED) is 0.503. The zero-order valence-corrected chi connectivity index (χ0v) is 18.0. The second-order valence-corrected chi connectivity index (χ2v) is 8.73. The van der Waals surface area contributed by atoms with Crippen LogP contribution in [0.4, 0.5) is 10.2 Å². The minimum atomic E-state index is -0.292. The maximum absolute atomic E-state index is 13.3. The van der Waals surface area contributed by atoms with E-state index in [1.165, 1.54) is 36.3 Å². The fourth-order valence-corrected chi connectivity index (χ4v) is 4.97. The number of aromatic nitrogens is 3. The van der Waals surface area contributed by atoms with Gasteiger partial charge in [-0.2, -0.15) is 5.10 Å². The Morgan fingerprint density at radius 1 is 1.16 bits per heavy atom. The third-order valence-corrected chi connectivity index (χ3v) is 6.64. The molecule has 31 heavy (non-hydrogen) atoms. The Morgan fingerprint density at radius 2 is 1.94 bits per heavy atom. The maximum atomic E-state index is 13.3. The molecule has 0 atom stereocenters. The van der Waals surface area contributed by atoms with Gasteiger partial charge in [0, 0.05) is 31.2 Å². The highest BCUT2D eigenvalue weighted by molar-refractivity contribution is 7.20. The smallest absolute Gasteiger partial charge is 0.261 e. The second-order valence-electron chi connectivity index (χ2n) is 7.70. The molecular formula is C23H22FN5OS. The molecule has 1 aliphatic heterocycles. The van der Waals surface area contributed by atoms with Crippen molar-refractivity contribution < 1.29 is 9.18 Å². The number of hydrogen-bond donors (Lipinski definition) is 1. The molecular weight excluding hydrogens is 413 g/mol. The van der Waals surface area contributed by atoms with Crippen molar-refractivity contribution in [1.29, 1.82) is 0 Å². The monoisotopic (exact) mass is 435 g/mol. The molecule has 0 unspecified atom stereocenters. The summed E-state index contributed by atoms with van der Waals surface area (Å²) in [6.45, 7) is 4.43. The summed E-state index contributed by atoms with van der Waals surface area (Å²) in [6, 6.07) is 12.0. The largest absolute Gasteiger partial charge is 0.357 e. The fraction of sp³-hybridized carbons (Fsp3) is 0.261. The fourth-order valence-electron chi connectivity index (χ4n) is 3.88. The number of carbonyl (C=O) groups excluding carboxylic acids is 1. The maximum Gasteiger partial charge on any atom is 0.261 e. The lowest BCUT2D eigenvalue weighted by Crippen LogP contribution is -2.23. The average molecular weight is 436 g/mol. The molecule has 8 heteroatoms. The number of amides is 1. The van der Waals surface area contributed by atoms with E-state index in [0.717, 1.165) is 46.1 Å². The SMILES string of the molecule is Cc1nn(-c2ccc(F)cc2)c2sc(C(=O)NCc3ccnc(N4CCCC4)c3)cc12. The van der Waals surface area contributed by atoms with E-state index in [-0.39, 0.29) is 11.7 Å². The number of carbonyl (C=O) groups is 1. The van der Waals surface area contributed by atoms with Crippen LogP contribution in [0.1, 0.15) is 33.8 Å². The number of anilines is 1. The molecule has 0 saturated carbocycles. The lowest BCUT2D eigenvalue weighted by molar-refractivity contribution is 0.0955. The number of halogens is 1. The molecule has 4 heterocycles. The molecule has 0 aliphatic carbocycles. The van der Waals surface area contributed by atoms with Gasteiger partial charge in [0.05, 0.1) is 16.3 Å². The third-order valence-electron chi connectivity index (χ3n) is 5.53. The number of aryl methyl sites for hydroxylation is 1. The van der Waals surface area contributed by atoms with Gasteiger partial charge in [0.25, 0.3) is 5.91 Å². The van der Waals surface area contributed by atoms with Crippen LogP contribution in [0, 0.1) is 12.7 Å². The molecule has 158 valence electrons. The molecule has 1 aliphatic rings. The summed E-state index contributed by atoms with van der Waals surface area (Å²) >= 11 is 1.38. The summed E-state index contributed by atoms with van der Waals surface area (Å²) in [7, 11) is 0. The summed E-state index contributed by atoms with van der Waals surface area (Å²) in [5, 5.41) is 8.50. The van der Waals surface area contributed by atoms with E-state index in [1.54, 1.807) is 23.0 Å². The van der Waals surface area contributed by atoms with Gasteiger partial charge in [-0.1, -0.05) is 0 Å². The highest BCUT2D eigenvalue weighted by Crippen LogP contribution is 2.30. The summed E-state index contributed by atoms with van der Waals surface area (Å²) in [5.74, 6) is 0.561. The number of thiophene rings is 1. The third kappa shape index (κ3) is 3.90. The van der Waals surface area contributed by atoms with Crippen molar-refractivity contribution in [3.05, 3.63) is 70.6 Å². The molecule has 0 radical (unpaired) electrons. The second kappa shape index (κ2) is 8.11. The number of nitrogens with one attached hydrogen (secondary N) is 1. The lowest BCUT2D eigenvalue weighted by Gasteiger charge is -2.16. The van der Waals surface area contributed by atoms with Crippen LogP contribution >= 0.6 is 11.3 Å². The number of pyridine rings is 1. The van der Waals surface area contributed by atoms with Crippen molar-refractivity contribution in [2.24, 2.45) is 0 Å². The molecule has 1 saturated heterocycles. The number of benzene rings is 1. The Kier molecular flexibility index (Phi) is 5.15. The number of fused-ring (bicyclic) bond motifs is 1. The first kappa shape index (κ1) is 19.7. The van der Waals surface area contributed by atoms with Crippen molar-refractivity contribution >= 4 is 33.3 Å². The molecule has 1 N–H and O–H groups in total. The molecule has 5 rings (SSSR count). The van der Waals surface area contributed by atoms with Crippen LogP contribution in [-0.4, -0.2) is 33.8 Å². The van der Waals surface area contributed by atoms with E-state index in [9.17, 15) is 9.18 Å². The Balaban J connectivity index is 1.34. The minimum Gasteiger partial charge on any atom is -0.357 e. The van der Waals surface area contributed by atoms with Gasteiger partial charge in [-0.05, 0) is 67.8 Å². The molecule has 6 nitrogen and oxygen atoms in total. The van der Waals surface area contributed by atoms with E-state index in [1.807, 2.05) is 25.1 Å². The molecule has 1 fully saturated rings. The summed E-state index contributed by atoms with van der Waals surface area (Å²) in [6.07, 6.45) is 4.20. The Morgan fingerprint density at radius 3 is 2.71 bits per heavy atom. The highest BCUT2D eigenvalue weighted by atomic mass is 32.1. The van der Waals surface area contributed by atoms with E-state index < -0.39 is 0 Å². The van der Waals surface area contributed by atoms with Gasteiger partial charge in [-0.15, -0.1) is 11.3 Å². The van der Waals surface area contributed by atoms with Crippen molar-refractivity contribution in [1.82, 2.24) is 20.1 Å². The first-order valence-electron chi connectivity index (χ1n) is 10.3. The molecule has 3 aromatic heterocycles. The number of hydrogen-bond acceptors (Lipinski definition) is 5. The van der Waals surface area contributed by atoms with Gasteiger partial charge < -0.3 is 10.2 Å². The van der Waals surface area contributed by atoms with Gasteiger partial charge >= 0.3 is 0 Å². The van der Waals surface area contributed by atoms with E-state index >= 15 is 0 Å². The van der Waals surface area contributed by atoms with Crippen LogP contribution in [0.2, 0.25) is 0 Å². The Hall–Kier alpha value is -3.26. The molecule has 0 bridgehead atoms. The van der Waals surface area contributed by atoms with Gasteiger partial charge in [-0.3, -0.25) is 4.79 Å². The van der Waals surface area contributed by atoms with Gasteiger partial charge in [0.15, 0.2) is 0 Å². The predicted molar refractivity (Wildman–Crippen MR) is 120 cm³/mol. The minimum absolute atomic E-state index is 0.120. The lowest BCUT2D eigenvalue weighted by atomic mass is 10.2. The first-order valence-corrected chi connectivity index (χ1v) is 11.1. The zero-order chi connectivity index (χ0) is 21.4. The molecule has 1 amide bonds. The van der Waals surface area contributed by atoms with Crippen LogP contribution < -0.4 is 10.2 Å². The number of rotatable bonds is 5. The van der Waals surface area contributed by atoms with Crippen LogP contribution in [0.5, 0.6) is 0 Å². The van der Waals surface area contributed by atoms with E-state index in [4.69, 9.17) is 0 Å². The highest BCUT2D eigenvalue weighted by Gasteiger charge is 2.18. The van der Waals surface area contributed by atoms with Gasteiger partial charge in [-0.25, -0.2) is 14.1 Å². The summed E-state index contributed by atoms with van der Waals surface area (Å²) in [5.41, 5.74) is 2.62. The Labute approximate surface area is 183 Å². The normalized spacial score (nSPS) is 13.8. The Bertz CT molecular complexity index is 1240. The standard InChI is InChI=1S/C23H22FN5OS/c1-15-19-13-20(31-23(19)29(27-15)18-6-4-17(24)5-7-18)22(30)26-14-16-8-9-25-21(12-16)28-10-2-3-11-28/h4-9,12-13H,2-3,10-11,14H2,1H3,(H,26,30). The van der Waals surface area contributed by atoms with Crippen molar-refractivity contribution in [2.75, 3.05) is 18.0 Å². The topological polar surface area (TPSA) is 63.1 Å².